The van der Waals surface area contributed by atoms with Crippen molar-refractivity contribution in [2.45, 2.75) is 37.8 Å². The maximum absolute atomic E-state index is 13.0. The van der Waals surface area contributed by atoms with Crippen LogP contribution in [0.1, 0.15) is 45.3 Å². The summed E-state index contributed by atoms with van der Waals surface area (Å²) in [7, 11) is 0. The summed E-state index contributed by atoms with van der Waals surface area (Å²) in [6.45, 7) is 0. The van der Waals surface area contributed by atoms with Gasteiger partial charge in [0.2, 0.25) is 0 Å². The fourth-order valence-corrected chi connectivity index (χ4v) is 6.36. The number of allylic oxidation sites excluding steroid dienone is 4. The van der Waals surface area contributed by atoms with Gasteiger partial charge in [-0.3, -0.25) is 14.9 Å². The summed E-state index contributed by atoms with van der Waals surface area (Å²) in [5.74, 6) is -0.570. The molecule has 0 saturated carbocycles. The van der Waals surface area contributed by atoms with Gasteiger partial charge < -0.3 is 14.2 Å². The Bertz CT molecular complexity index is 1490. The zero-order chi connectivity index (χ0) is 19.7. The SMILES string of the molecule is O=C1NC(=O)c2c1c1c3c4c2c2c(n4C4CCC(O4)N3C3C=CC=CC=13)=CC=CC2. The van der Waals surface area contributed by atoms with Crippen molar-refractivity contribution in [2.75, 3.05) is 4.90 Å². The van der Waals surface area contributed by atoms with Crippen molar-refractivity contribution in [3.8, 4) is 0 Å². The molecule has 4 aliphatic heterocycles. The number of hydrogen-bond donors (Lipinski definition) is 1. The number of imide groups is 1. The number of carbonyl (C=O) groups excluding carboxylic acids is 2. The largest absolute Gasteiger partial charge is 0.335 e. The van der Waals surface area contributed by atoms with Crippen molar-refractivity contribution in [3.05, 3.63) is 63.7 Å². The van der Waals surface area contributed by atoms with E-state index in [4.69, 9.17) is 4.74 Å². The van der Waals surface area contributed by atoms with Gasteiger partial charge in [-0.05, 0) is 36.5 Å². The van der Waals surface area contributed by atoms with Crippen molar-refractivity contribution in [1.29, 1.82) is 0 Å². The average Bonchev–Trinajstić information content (AvgIpc) is 3.46. The van der Waals surface area contributed by atoms with Crippen LogP contribution in [-0.4, -0.2) is 28.7 Å². The van der Waals surface area contributed by atoms with E-state index in [1.807, 2.05) is 6.08 Å². The highest BCUT2D eigenvalue weighted by Crippen LogP contribution is 2.47. The fourth-order valence-electron chi connectivity index (χ4n) is 6.36. The molecule has 2 aromatic rings. The molecule has 2 amide bonds. The first kappa shape index (κ1) is 15.5. The van der Waals surface area contributed by atoms with Gasteiger partial charge in [-0.25, -0.2) is 0 Å². The molecule has 6 nitrogen and oxygen atoms in total. The van der Waals surface area contributed by atoms with E-state index in [1.54, 1.807) is 0 Å². The lowest BCUT2D eigenvalue weighted by atomic mass is 9.94. The predicted octanol–water partition coefficient (Wildman–Crippen LogP) is 1.53. The lowest BCUT2D eigenvalue weighted by Crippen LogP contribution is -2.40. The molecule has 1 aromatic heterocycles. The number of rotatable bonds is 0. The molecule has 0 spiro atoms. The Morgan fingerprint density at radius 1 is 1.03 bits per heavy atom. The molecule has 3 unspecified atom stereocenters. The summed E-state index contributed by atoms with van der Waals surface area (Å²) in [6.07, 6.45) is 17.2. The Labute approximate surface area is 171 Å². The first-order valence-electron chi connectivity index (χ1n) is 10.5. The number of anilines is 1. The lowest BCUT2D eigenvalue weighted by molar-refractivity contribution is 0.00537. The fraction of sp³-hybridized carbons (Fsp3) is 0.250. The van der Waals surface area contributed by atoms with Crippen molar-refractivity contribution in [1.82, 2.24) is 9.88 Å². The Morgan fingerprint density at radius 2 is 1.90 bits per heavy atom. The van der Waals surface area contributed by atoms with Gasteiger partial charge in [0.15, 0.2) is 0 Å². The van der Waals surface area contributed by atoms with E-state index < -0.39 is 0 Å². The highest BCUT2D eigenvalue weighted by atomic mass is 16.5. The quantitative estimate of drug-likeness (QED) is 0.688. The Hall–Kier alpha value is -3.38. The molecular formula is C24H17N3O3. The van der Waals surface area contributed by atoms with Gasteiger partial charge in [0.25, 0.3) is 11.8 Å². The second-order valence-electron chi connectivity index (χ2n) is 8.69. The molecule has 1 fully saturated rings. The molecule has 146 valence electrons. The van der Waals surface area contributed by atoms with Crippen molar-refractivity contribution >= 4 is 40.1 Å². The van der Waals surface area contributed by atoms with E-state index in [0.717, 1.165) is 57.6 Å². The van der Waals surface area contributed by atoms with Crippen LogP contribution in [0.2, 0.25) is 0 Å². The number of hydrogen-bond acceptors (Lipinski definition) is 4. The number of amides is 2. The first-order valence-corrected chi connectivity index (χ1v) is 10.5. The van der Waals surface area contributed by atoms with Gasteiger partial charge in [-0.15, -0.1) is 0 Å². The number of aromatic nitrogens is 1. The standard InChI is InChI=1S/C24H17N3O3/c28-23-19-17-11-5-1-3-7-13(11)26-15-9-10-16(30-15)27-14-8-4-2-6-12(14)18(22(27)21(17)26)20(19)24(29)25-23/h1-5,7-8,13,15-16H,6,9-10H2,(H,25,28,29). The maximum atomic E-state index is 13.0. The van der Waals surface area contributed by atoms with Crippen LogP contribution < -0.4 is 20.8 Å². The second-order valence-corrected chi connectivity index (χ2v) is 8.69. The van der Waals surface area contributed by atoms with Gasteiger partial charge in [-0.2, -0.15) is 0 Å². The van der Waals surface area contributed by atoms with Crippen molar-refractivity contribution in [3.63, 3.8) is 0 Å². The summed E-state index contributed by atoms with van der Waals surface area (Å²) in [6, 6.07) is 0.0209. The number of nitrogens with zero attached hydrogens (tertiary/aromatic N) is 2. The number of benzene rings is 1. The van der Waals surface area contributed by atoms with E-state index in [0.29, 0.717) is 11.1 Å². The molecule has 5 heterocycles. The topological polar surface area (TPSA) is 63.6 Å². The highest BCUT2D eigenvalue weighted by molar-refractivity contribution is 6.29. The molecule has 1 saturated heterocycles. The number of ether oxygens (including phenoxy) is 1. The molecule has 1 N–H and O–H groups in total. The molecule has 2 aliphatic carbocycles. The summed E-state index contributed by atoms with van der Waals surface area (Å²) >= 11 is 0. The molecule has 30 heavy (non-hydrogen) atoms. The molecule has 0 radical (unpaired) electrons. The van der Waals surface area contributed by atoms with Crippen LogP contribution >= 0.6 is 0 Å². The van der Waals surface area contributed by atoms with Crippen LogP contribution in [0.25, 0.3) is 22.6 Å². The zero-order valence-corrected chi connectivity index (χ0v) is 16.0. The van der Waals surface area contributed by atoms with Crippen LogP contribution in [0.5, 0.6) is 0 Å². The molecule has 6 heteroatoms. The van der Waals surface area contributed by atoms with Gasteiger partial charge in [0, 0.05) is 16.0 Å². The number of fused-ring (bicyclic) bond motifs is 12. The maximum Gasteiger partial charge on any atom is 0.259 e. The van der Waals surface area contributed by atoms with E-state index >= 15 is 0 Å². The van der Waals surface area contributed by atoms with Gasteiger partial charge in [-0.1, -0.05) is 36.5 Å². The lowest BCUT2D eigenvalue weighted by Gasteiger charge is -2.32. The van der Waals surface area contributed by atoms with E-state index in [-0.39, 0.29) is 30.3 Å². The monoisotopic (exact) mass is 395 g/mol. The first-order chi connectivity index (χ1) is 14.7. The van der Waals surface area contributed by atoms with Gasteiger partial charge in [0.05, 0.1) is 28.4 Å². The summed E-state index contributed by atoms with van der Waals surface area (Å²) < 4.78 is 8.88. The van der Waals surface area contributed by atoms with E-state index in [2.05, 4.69) is 51.2 Å². The minimum atomic E-state index is -0.286. The summed E-state index contributed by atoms with van der Waals surface area (Å²) in [4.78, 5) is 28.4. The average molecular weight is 395 g/mol. The van der Waals surface area contributed by atoms with Crippen molar-refractivity contribution in [2.24, 2.45) is 0 Å². The van der Waals surface area contributed by atoms with Gasteiger partial charge in [0.1, 0.15) is 12.5 Å². The van der Waals surface area contributed by atoms with Gasteiger partial charge >= 0.3 is 0 Å². The third-order valence-corrected chi connectivity index (χ3v) is 7.37. The minimum absolute atomic E-state index is 0.0209. The molecule has 6 aliphatic rings. The highest BCUT2D eigenvalue weighted by Gasteiger charge is 2.48. The van der Waals surface area contributed by atoms with Crippen LogP contribution in [-0.2, 0) is 11.2 Å². The Kier molecular flexibility index (Phi) is 2.50. The van der Waals surface area contributed by atoms with Crippen LogP contribution in [0.15, 0.2) is 36.5 Å². The van der Waals surface area contributed by atoms with Crippen LogP contribution in [0, 0.1) is 0 Å². The number of nitrogens with one attached hydrogen (secondary N) is 1. The molecule has 3 atom stereocenters. The second kappa shape index (κ2) is 4.84. The third-order valence-electron chi connectivity index (χ3n) is 7.37. The van der Waals surface area contributed by atoms with Crippen LogP contribution in [0.4, 0.5) is 5.69 Å². The zero-order valence-electron chi connectivity index (χ0n) is 16.0. The summed E-state index contributed by atoms with van der Waals surface area (Å²) in [5.41, 5.74) is 5.39. The summed E-state index contributed by atoms with van der Waals surface area (Å²) in [5, 5.41) is 5.53. The smallest absolute Gasteiger partial charge is 0.259 e. The third kappa shape index (κ3) is 1.50. The molecule has 2 bridgehead atoms. The molecular weight excluding hydrogens is 378 g/mol. The molecule has 8 rings (SSSR count). The van der Waals surface area contributed by atoms with E-state index in [1.165, 1.54) is 0 Å². The van der Waals surface area contributed by atoms with Crippen molar-refractivity contribution < 1.29 is 14.3 Å². The minimum Gasteiger partial charge on any atom is -0.335 e. The van der Waals surface area contributed by atoms with E-state index in [9.17, 15) is 9.59 Å². The molecule has 1 aromatic carbocycles. The predicted molar refractivity (Wildman–Crippen MR) is 111 cm³/mol. The van der Waals surface area contributed by atoms with Crippen LogP contribution in [0.3, 0.4) is 0 Å². The number of carbonyl (C=O) groups is 2. The Balaban J connectivity index is 1.71. The normalized spacial score (nSPS) is 28.6. The Morgan fingerprint density at radius 3 is 2.83 bits per heavy atom.